The monoisotopic (exact) mass is 490 g/mol. The van der Waals surface area contributed by atoms with Crippen molar-refractivity contribution in [3.8, 4) is 33.9 Å². The van der Waals surface area contributed by atoms with Gasteiger partial charge in [0.1, 0.15) is 16.7 Å². The molecule has 6 aromatic rings. The molecule has 1 fully saturated rings. The van der Waals surface area contributed by atoms with Crippen molar-refractivity contribution in [3.05, 3.63) is 78.8 Å². The molecule has 7 rings (SSSR count). The van der Waals surface area contributed by atoms with E-state index in [1.165, 1.54) is 18.9 Å². The number of imidazole rings is 1. The molecule has 8 nitrogen and oxygen atoms in total. The van der Waals surface area contributed by atoms with E-state index >= 15 is 4.39 Å². The molecule has 0 bridgehead atoms. The highest BCUT2D eigenvalue weighted by atomic mass is 19.1. The van der Waals surface area contributed by atoms with Crippen molar-refractivity contribution in [3.63, 3.8) is 0 Å². The fraction of sp³-hybridized carbons (Fsp3) is 0.179. The Bertz CT molecular complexity index is 1730. The van der Waals surface area contributed by atoms with Crippen molar-refractivity contribution in [2.75, 3.05) is 13.1 Å². The highest BCUT2D eigenvalue weighted by molar-refractivity contribution is 5.97. The standard InChI is InChI=1S/C28H23FN8/c29-22-12-19(20-10-17(13-31-15-20)16-37-8-1-2-9-37)11-21-25(22)35-36-26(21)28-33-23-5-7-32-24(27(23)34-28)18-4-3-6-30-14-18/h3-7,10-15H,1-2,8-9,16H2,(H,33,34)(H,35,36). The highest BCUT2D eigenvalue weighted by Gasteiger charge is 2.19. The Morgan fingerprint density at radius 3 is 2.65 bits per heavy atom. The summed E-state index contributed by atoms with van der Waals surface area (Å²) in [5.74, 6) is 0.168. The van der Waals surface area contributed by atoms with Gasteiger partial charge in [-0.05, 0) is 73.5 Å². The number of benzene rings is 1. The second-order valence-corrected chi connectivity index (χ2v) is 9.40. The summed E-state index contributed by atoms with van der Waals surface area (Å²) in [6.45, 7) is 3.08. The molecule has 5 aromatic heterocycles. The van der Waals surface area contributed by atoms with E-state index in [1.54, 1.807) is 24.8 Å². The molecule has 0 aliphatic carbocycles. The number of likely N-dealkylation sites (tertiary alicyclic amines) is 1. The van der Waals surface area contributed by atoms with Crippen LogP contribution in [0.25, 0.3) is 55.8 Å². The van der Waals surface area contributed by atoms with E-state index in [-0.39, 0.29) is 5.52 Å². The Morgan fingerprint density at radius 2 is 1.78 bits per heavy atom. The zero-order chi connectivity index (χ0) is 24.8. The topological polar surface area (TPSA) is 99.3 Å². The third-order valence-electron chi connectivity index (χ3n) is 6.92. The van der Waals surface area contributed by atoms with Crippen molar-refractivity contribution in [1.29, 1.82) is 0 Å². The van der Waals surface area contributed by atoms with Crippen LogP contribution in [0.15, 0.2) is 67.4 Å². The van der Waals surface area contributed by atoms with Crippen LogP contribution in [0.1, 0.15) is 18.4 Å². The number of nitrogens with zero attached hydrogens (tertiary/aromatic N) is 6. The third kappa shape index (κ3) is 3.93. The van der Waals surface area contributed by atoms with Gasteiger partial charge in [0.15, 0.2) is 11.6 Å². The predicted molar refractivity (Wildman–Crippen MR) is 140 cm³/mol. The molecule has 0 unspecified atom stereocenters. The zero-order valence-corrected chi connectivity index (χ0v) is 19.9. The lowest BCUT2D eigenvalue weighted by atomic mass is 10.0. The van der Waals surface area contributed by atoms with Gasteiger partial charge >= 0.3 is 0 Å². The number of hydrogen-bond acceptors (Lipinski definition) is 6. The molecule has 1 saturated heterocycles. The van der Waals surface area contributed by atoms with E-state index in [4.69, 9.17) is 4.98 Å². The van der Waals surface area contributed by atoms with Gasteiger partial charge in [0, 0.05) is 54.0 Å². The van der Waals surface area contributed by atoms with Crippen LogP contribution >= 0.6 is 0 Å². The number of aromatic nitrogens is 7. The van der Waals surface area contributed by atoms with Crippen LogP contribution in [0.5, 0.6) is 0 Å². The lowest BCUT2D eigenvalue weighted by Gasteiger charge is -2.14. The Labute approximate surface area is 211 Å². The van der Waals surface area contributed by atoms with Crippen molar-refractivity contribution in [2.45, 2.75) is 19.4 Å². The summed E-state index contributed by atoms with van der Waals surface area (Å²) >= 11 is 0. The summed E-state index contributed by atoms with van der Waals surface area (Å²) in [7, 11) is 0. The quantitative estimate of drug-likeness (QED) is 0.338. The maximum absolute atomic E-state index is 15.2. The van der Waals surface area contributed by atoms with E-state index in [9.17, 15) is 0 Å². The van der Waals surface area contributed by atoms with Crippen molar-refractivity contribution in [2.24, 2.45) is 0 Å². The fourth-order valence-electron chi connectivity index (χ4n) is 5.12. The van der Waals surface area contributed by atoms with Crippen molar-refractivity contribution >= 4 is 21.9 Å². The van der Waals surface area contributed by atoms with Gasteiger partial charge in [-0.2, -0.15) is 5.10 Å². The number of pyridine rings is 3. The second kappa shape index (κ2) is 8.86. The molecule has 0 atom stereocenters. The summed E-state index contributed by atoms with van der Waals surface area (Å²) in [6, 6.07) is 11.2. The van der Waals surface area contributed by atoms with E-state index < -0.39 is 5.82 Å². The van der Waals surface area contributed by atoms with E-state index in [0.29, 0.717) is 22.4 Å². The van der Waals surface area contributed by atoms with Gasteiger partial charge in [-0.15, -0.1) is 0 Å². The number of H-pyrrole nitrogens is 2. The molecule has 1 aliphatic heterocycles. The number of nitrogens with one attached hydrogen (secondary N) is 2. The molecule has 0 radical (unpaired) electrons. The summed E-state index contributed by atoms with van der Waals surface area (Å²) < 4.78 is 15.2. The van der Waals surface area contributed by atoms with Crippen molar-refractivity contribution in [1.82, 2.24) is 40.0 Å². The minimum atomic E-state index is -0.395. The third-order valence-corrected chi connectivity index (χ3v) is 6.92. The molecular formula is C28H23FN8. The van der Waals surface area contributed by atoms with Gasteiger partial charge in [0.2, 0.25) is 0 Å². The molecule has 1 aliphatic rings. The van der Waals surface area contributed by atoms with Gasteiger partial charge in [-0.25, -0.2) is 9.37 Å². The van der Waals surface area contributed by atoms with E-state index in [1.807, 2.05) is 30.5 Å². The maximum Gasteiger partial charge on any atom is 0.157 e. The van der Waals surface area contributed by atoms with Crippen LogP contribution in [0.3, 0.4) is 0 Å². The normalized spacial score (nSPS) is 14.2. The molecule has 37 heavy (non-hydrogen) atoms. The van der Waals surface area contributed by atoms with Gasteiger partial charge in [-0.3, -0.25) is 25.0 Å². The van der Waals surface area contributed by atoms with E-state index in [0.717, 1.165) is 53.1 Å². The van der Waals surface area contributed by atoms with Crippen LogP contribution in [0.4, 0.5) is 4.39 Å². The number of halogens is 1. The Morgan fingerprint density at radius 1 is 0.892 bits per heavy atom. The van der Waals surface area contributed by atoms with Crippen LogP contribution in [-0.4, -0.2) is 53.1 Å². The number of hydrogen-bond donors (Lipinski definition) is 2. The Balaban J connectivity index is 1.31. The summed E-state index contributed by atoms with van der Waals surface area (Å²) in [6.07, 6.45) is 11.4. The number of aromatic amines is 2. The molecule has 1 aromatic carbocycles. The molecule has 0 saturated carbocycles. The smallest absolute Gasteiger partial charge is 0.157 e. The second-order valence-electron chi connectivity index (χ2n) is 9.40. The first-order valence-corrected chi connectivity index (χ1v) is 12.3. The molecule has 0 amide bonds. The first-order chi connectivity index (χ1) is 18.2. The summed E-state index contributed by atoms with van der Waals surface area (Å²) in [5.41, 5.74) is 6.76. The molecule has 9 heteroatoms. The minimum Gasteiger partial charge on any atom is -0.337 e. The van der Waals surface area contributed by atoms with Crippen molar-refractivity contribution < 1.29 is 4.39 Å². The van der Waals surface area contributed by atoms with Crippen LogP contribution < -0.4 is 0 Å². The van der Waals surface area contributed by atoms with E-state index in [2.05, 4.69) is 41.1 Å². The zero-order valence-electron chi connectivity index (χ0n) is 19.9. The first-order valence-electron chi connectivity index (χ1n) is 12.3. The Kier molecular flexibility index (Phi) is 5.21. The Hall–Kier alpha value is -4.50. The molecule has 2 N–H and O–H groups in total. The number of rotatable bonds is 5. The van der Waals surface area contributed by atoms with Crippen LogP contribution in [0, 0.1) is 5.82 Å². The van der Waals surface area contributed by atoms with Crippen LogP contribution in [0.2, 0.25) is 0 Å². The fourth-order valence-corrected chi connectivity index (χ4v) is 5.12. The average molecular weight is 491 g/mol. The average Bonchev–Trinajstić information content (AvgIpc) is 3.69. The van der Waals surface area contributed by atoms with Gasteiger partial charge in [0.25, 0.3) is 0 Å². The lowest BCUT2D eigenvalue weighted by Crippen LogP contribution is -2.18. The molecule has 0 spiro atoms. The SMILES string of the molecule is Fc1cc(-c2cncc(CN3CCCC3)c2)cc2c(-c3nc4c(-c5cccnc5)nccc4[nH]3)[nH]nc12. The minimum absolute atomic E-state index is 0.269. The first kappa shape index (κ1) is 21.8. The van der Waals surface area contributed by atoms with Gasteiger partial charge in [-0.1, -0.05) is 0 Å². The highest BCUT2D eigenvalue weighted by Crippen LogP contribution is 2.33. The van der Waals surface area contributed by atoms with Crippen LogP contribution in [-0.2, 0) is 6.54 Å². The molecule has 182 valence electrons. The number of fused-ring (bicyclic) bond motifs is 2. The predicted octanol–water partition coefficient (Wildman–Crippen LogP) is 5.36. The lowest BCUT2D eigenvalue weighted by molar-refractivity contribution is 0.331. The molecular weight excluding hydrogens is 467 g/mol. The summed E-state index contributed by atoms with van der Waals surface area (Å²) in [5, 5.41) is 7.90. The molecule has 6 heterocycles. The summed E-state index contributed by atoms with van der Waals surface area (Å²) in [4.78, 5) is 23.8. The largest absolute Gasteiger partial charge is 0.337 e. The maximum atomic E-state index is 15.2. The van der Waals surface area contributed by atoms with Gasteiger partial charge < -0.3 is 4.98 Å². The van der Waals surface area contributed by atoms with Gasteiger partial charge in [0.05, 0.1) is 11.2 Å².